The van der Waals surface area contributed by atoms with E-state index in [9.17, 15) is 13.2 Å². The van der Waals surface area contributed by atoms with Gasteiger partial charge in [0.05, 0.1) is 24.6 Å². The van der Waals surface area contributed by atoms with Gasteiger partial charge < -0.3 is 10.1 Å². The first-order valence-corrected chi connectivity index (χ1v) is 12.4. The summed E-state index contributed by atoms with van der Waals surface area (Å²) in [4.78, 5) is 13.2. The molecule has 170 valence electrons. The van der Waals surface area contributed by atoms with Gasteiger partial charge in [-0.15, -0.1) is 0 Å². The fourth-order valence-electron chi connectivity index (χ4n) is 3.75. The molecular weight excluding hydrogens is 412 g/mol. The van der Waals surface area contributed by atoms with E-state index in [4.69, 9.17) is 4.74 Å². The van der Waals surface area contributed by atoms with Crippen LogP contribution in [-0.4, -0.2) is 33.2 Å². The Morgan fingerprint density at radius 1 is 1.03 bits per heavy atom. The molecule has 2 aromatic carbocycles. The van der Waals surface area contributed by atoms with Gasteiger partial charge in [-0.2, -0.15) is 0 Å². The van der Waals surface area contributed by atoms with Crippen molar-refractivity contribution in [3.63, 3.8) is 0 Å². The summed E-state index contributed by atoms with van der Waals surface area (Å²) in [6.07, 6.45) is 1.46. The molecule has 7 heteroatoms. The fourth-order valence-corrected chi connectivity index (χ4v) is 4.96. The number of rotatable bonds is 9. The predicted octanol–water partition coefficient (Wildman–Crippen LogP) is 4.43. The van der Waals surface area contributed by atoms with Gasteiger partial charge in [-0.25, -0.2) is 8.42 Å². The zero-order valence-corrected chi connectivity index (χ0v) is 20.3. The number of sulfonamides is 1. The van der Waals surface area contributed by atoms with Gasteiger partial charge in [0.15, 0.2) is 0 Å². The minimum atomic E-state index is -3.69. The number of carbonyl (C=O) groups is 1. The van der Waals surface area contributed by atoms with E-state index in [2.05, 4.69) is 24.4 Å². The third kappa shape index (κ3) is 6.00. The summed E-state index contributed by atoms with van der Waals surface area (Å²) in [5, 5.41) is 3.02. The van der Waals surface area contributed by atoms with Crippen LogP contribution in [0.25, 0.3) is 0 Å². The SMILES string of the molecule is CCOc1ccc(N([C@@H](CC)C(=O)N[C@H](C)c2cc(C)c(C)cc2C)S(C)(=O)=O)cc1. The summed E-state index contributed by atoms with van der Waals surface area (Å²) in [6.45, 7) is 12.2. The molecule has 2 atom stereocenters. The van der Waals surface area contributed by atoms with Gasteiger partial charge >= 0.3 is 0 Å². The molecule has 0 unspecified atom stereocenters. The average molecular weight is 447 g/mol. The molecule has 0 aliphatic carbocycles. The summed E-state index contributed by atoms with van der Waals surface area (Å²) in [7, 11) is -3.69. The van der Waals surface area contributed by atoms with E-state index in [1.54, 1.807) is 24.3 Å². The Hall–Kier alpha value is -2.54. The van der Waals surface area contributed by atoms with Crippen LogP contribution >= 0.6 is 0 Å². The minimum Gasteiger partial charge on any atom is -0.494 e. The molecule has 0 fully saturated rings. The van der Waals surface area contributed by atoms with E-state index in [-0.39, 0.29) is 11.9 Å². The van der Waals surface area contributed by atoms with E-state index in [0.717, 1.165) is 22.9 Å². The molecule has 0 aliphatic heterocycles. The second kappa shape index (κ2) is 10.2. The normalized spacial score (nSPS) is 13.4. The number of nitrogens with one attached hydrogen (secondary N) is 1. The maximum Gasteiger partial charge on any atom is 0.244 e. The van der Waals surface area contributed by atoms with Crippen LogP contribution < -0.4 is 14.4 Å². The Morgan fingerprint density at radius 2 is 1.61 bits per heavy atom. The second-order valence-corrected chi connectivity index (χ2v) is 9.79. The number of hydrogen-bond acceptors (Lipinski definition) is 4. The lowest BCUT2D eigenvalue weighted by Gasteiger charge is -2.31. The highest BCUT2D eigenvalue weighted by molar-refractivity contribution is 7.92. The average Bonchev–Trinajstić information content (AvgIpc) is 2.68. The fraction of sp³-hybridized carbons (Fsp3) is 0.458. The number of anilines is 1. The zero-order chi connectivity index (χ0) is 23.3. The van der Waals surface area contributed by atoms with Crippen LogP contribution in [0.2, 0.25) is 0 Å². The first kappa shape index (κ1) is 24.7. The molecule has 31 heavy (non-hydrogen) atoms. The number of ether oxygens (including phenoxy) is 1. The number of aryl methyl sites for hydroxylation is 3. The van der Waals surface area contributed by atoms with Gasteiger partial charge in [0.2, 0.25) is 15.9 Å². The van der Waals surface area contributed by atoms with Crippen molar-refractivity contribution in [2.45, 2.75) is 60.0 Å². The molecular formula is C24H34N2O4S. The number of carbonyl (C=O) groups excluding carboxylic acids is 1. The number of amides is 1. The Kier molecular flexibility index (Phi) is 8.12. The molecule has 0 bridgehead atoms. The topological polar surface area (TPSA) is 75.7 Å². The molecule has 2 rings (SSSR count). The molecule has 0 saturated carbocycles. The third-order valence-corrected chi connectivity index (χ3v) is 6.62. The first-order valence-electron chi connectivity index (χ1n) is 10.6. The van der Waals surface area contributed by atoms with Crippen molar-refractivity contribution in [2.24, 2.45) is 0 Å². The summed E-state index contributed by atoms with van der Waals surface area (Å²) < 4.78 is 31.9. The second-order valence-electron chi connectivity index (χ2n) is 7.93. The van der Waals surface area contributed by atoms with E-state index in [1.165, 1.54) is 9.87 Å². The van der Waals surface area contributed by atoms with Gasteiger partial charge in [0.25, 0.3) is 0 Å². The van der Waals surface area contributed by atoms with Crippen LogP contribution in [0.15, 0.2) is 36.4 Å². The highest BCUT2D eigenvalue weighted by Crippen LogP contribution is 2.26. The Morgan fingerprint density at radius 3 is 2.13 bits per heavy atom. The summed E-state index contributed by atoms with van der Waals surface area (Å²) in [5.41, 5.74) is 4.91. The maximum atomic E-state index is 13.2. The van der Waals surface area contributed by atoms with Crippen molar-refractivity contribution in [3.8, 4) is 5.75 Å². The minimum absolute atomic E-state index is 0.248. The Bertz CT molecular complexity index is 1020. The molecule has 0 aromatic heterocycles. The standard InChI is InChI=1S/C24H34N2O4S/c1-8-23(24(27)25-19(6)22-15-17(4)16(3)14-18(22)5)26(31(7,28)29)20-10-12-21(13-11-20)30-9-2/h10-15,19,23H,8-9H2,1-7H3,(H,25,27)/t19-,23+/m1/s1. The Labute approximate surface area is 186 Å². The number of benzene rings is 2. The maximum absolute atomic E-state index is 13.2. The van der Waals surface area contributed by atoms with Crippen LogP contribution in [-0.2, 0) is 14.8 Å². The number of nitrogens with zero attached hydrogens (tertiary/aromatic N) is 1. The van der Waals surface area contributed by atoms with Crippen LogP contribution in [0.4, 0.5) is 5.69 Å². The highest BCUT2D eigenvalue weighted by atomic mass is 32.2. The molecule has 1 N–H and O–H groups in total. The summed E-state index contributed by atoms with van der Waals surface area (Å²) >= 11 is 0. The van der Waals surface area contributed by atoms with Gasteiger partial charge in [0, 0.05) is 0 Å². The Balaban J connectivity index is 2.33. The molecule has 0 radical (unpaired) electrons. The monoisotopic (exact) mass is 446 g/mol. The van der Waals surface area contributed by atoms with Crippen molar-refractivity contribution >= 4 is 21.6 Å². The van der Waals surface area contributed by atoms with Crippen molar-refractivity contribution in [1.29, 1.82) is 0 Å². The van der Waals surface area contributed by atoms with E-state index in [0.29, 0.717) is 24.5 Å². The van der Waals surface area contributed by atoms with Crippen molar-refractivity contribution < 1.29 is 17.9 Å². The van der Waals surface area contributed by atoms with Crippen molar-refractivity contribution in [3.05, 3.63) is 58.7 Å². The summed E-state index contributed by atoms with van der Waals surface area (Å²) in [6, 6.07) is 9.83. The lowest BCUT2D eigenvalue weighted by Crippen LogP contribution is -2.49. The lowest BCUT2D eigenvalue weighted by atomic mass is 9.96. The van der Waals surface area contributed by atoms with Gasteiger partial charge in [-0.05, 0) is 87.6 Å². The first-order chi connectivity index (χ1) is 14.5. The number of hydrogen-bond donors (Lipinski definition) is 1. The third-order valence-electron chi connectivity index (χ3n) is 5.44. The van der Waals surface area contributed by atoms with Gasteiger partial charge in [-0.3, -0.25) is 9.10 Å². The van der Waals surface area contributed by atoms with Crippen LogP contribution in [0.5, 0.6) is 5.75 Å². The van der Waals surface area contributed by atoms with Crippen molar-refractivity contribution in [1.82, 2.24) is 5.32 Å². The van der Waals surface area contributed by atoms with Gasteiger partial charge in [0.1, 0.15) is 11.8 Å². The molecule has 0 aliphatic rings. The molecule has 0 saturated heterocycles. The molecule has 6 nitrogen and oxygen atoms in total. The molecule has 0 heterocycles. The smallest absolute Gasteiger partial charge is 0.244 e. The van der Waals surface area contributed by atoms with Gasteiger partial charge in [-0.1, -0.05) is 19.1 Å². The quantitative estimate of drug-likeness (QED) is 0.618. The van der Waals surface area contributed by atoms with E-state index in [1.807, 2.05) is 34.6 Å². The van der Waals surface area contributed by atoms with Crippen LogP contribution in [0.1, 0.15) is 55.5 Å². The van der Waals surface area contributed by atoms with E-state index >= 15 is 0 Å². The van der Waals surface area contributed by atoms with Crippen molar-refractivity contribution in [2.75, 3.05) is 17.2 Å². The largest absolute Gasteiger partial charge is 0.494 e. The summed E-state index contributed by atoms with van der Waals surface area (Å²) in [5.74, 6) is 0.322. The van der Waals surface area contributed by atoms with E-state index < -0.39 is 16.1 Å². The molecule has 1 amide bonds. The highest BCUT2D eigenvalue weighted by Gasteiger charge is 2.32. The lowest BCUT2D eigenvalue weighted by molar-refractivity contribution is -0.122. The molecule has 2 aromatic rings. The zero-order valence-electron chi connectivity index (χ0n) is 19.5. The molecule has 0 spiro atoms. The van der Waals surface area contributed by atoms with Crippen LogP contribution in [0, 0.1) is 20.8 Å². The van der Waals surface area contributed by atoms with Crippen LogP contribution in [0.3, 0.4) is 0 Å². The predicted molar refractivity (Wildman–Crippen MR) is 126 cm³/mol.